The van der Waals surface area contributed by atoms with Gasteiger partial charge in [-0.15, -0.1) is 0 Å². The third-order valence-electron chi connectivity index (χ3n) is 2.75. The van der Waals surface area contributed by atoms with E-state index in [1.807, 2.05) is 0 Å². The number of methoxy groups -OCH3 is 1. The van der Waals surface area contributed by atoms with Gasteiger partial charge in [0, 0.05) is 31.6 Å². The number of halogens is 1. The molecule has 1 rings (SSSR count). The predicted octanol–water partition coefficient (Wildman–Crippen LogP) is 2.13. The Kier molecular flexibility index (Phi) is 3.78. The highest BCUT2D eigenvalue weighted by Gasteiger charge is 2.31. The normalized spacial score (nSPS) is 31.2. The van der Waals surface area contributed by atoms with E-state index in [1.54, 1.807) is 7.11 Å². The molecule has 0 bridgehead atoms. The predicted molar refractivity (Wildman–Crippen MR) is 59.4 cm³/mol. The Morgan fingerprint density at radius 3 is 2.46 bits per heavy atom. The Hall–Kier alpha value is 0.400. The molecule has 1 fully saturated rings. The van der Waals surface area contributed by atoms with Gasteiger partial charge in [0.15, 0.2) is 0 Å². The summed E-state index contributed by atoms with van der Waals surface area (Å²) in [7, 11) is 1.78. The second kappa shape index (κ2) is 4.28. The first-order chi connectivity index (χ1) is 5.94. The van der Waals surface area contributed by atoms with E-state index >= 15 is 0 Å². The van der Waals surface area contributed by atoms with Crippen molar-refractivity contribution in [3.05, 3.63) is 0 Å². The Labute approximate surface area is 89.8 Å². The van der Waals surface area contributed by atoms with E-state index in [1.165, 1.54) is 6.54 Å². The number of hydrogen-bond donors (Lipinski definition) is 0. The van der Waals surface area contributed by atoms with Crippen molar-refractivity contribution in [2.24, 2.45) is 5.92 Å². The van der Waals surface area contributed by atoms with Crippen LogP contribution in [-0.4, -0.2) is 42.1 Å². The number of alkyl halides is 1. The van der Waals surface area contributed by atoms with Crippen molar-refractivity contribution in [1.29, 1.82) is 0 Å². The molecule has 0 aromatic heterocycles. The molecule has 1 aliphatic heterocycles. The minimum absolute atomic E-state index is 0.0171. The summed E-state index contributed by atoms with van der Waals surface area (Å²) >= 11 is 3.69. The highest BCUT2D eigenvalue weighted by Crippen LogP contribution is 2.24. The summed E-state index contributed by atoms with van der Waals surface area (Å²) in [6.45, 7) is 9.92. The van der Waals surface area contributed by atoms with Crippen molar-refractivity contribution in [2.45, 2.75) is 31.2 Å². The van der Waals surface area contributed by atoms with Gasteiger partial charge in [0.25, 0.3) is 0 Å². The molecule has 1 aliphatic rings. The zero-order chi connectivity index (χ0) is 10.1. The summed E-state index contributed by atoms with van der Waals surface area (Å²) in [5.41, 5.74) is -0.0171. The van der Waals surface area contributed by atoms with Crippen LogP contribution in [0.2, 0.25) is 0 Å². The minimum Gasteiger partial charge on any atom is -0.377 e. The zero-order valence-electron chi connectivity index (χ0n) is 9.01. The van der Waals surface area contributed by atoms with Gasteiger partial charge >= 0.3 is 0 Å². The maximum absolute atomic E-state index is 5.41. The molecule has 3 heteroatoms. The molecule has 0 saturated carbocycles. The van der Waals surface area contributed by atoms with E-state index in [2.05, 4.69) is 41.6 Å². The second-order valence-electron chi connectivity index (χ2n) is 4.65. The SMILES string of the molecule is COC(C)(C)CN1CC(C)C(Br)C1. The van der Waals surface area contributed by atoms with Gasteiger partial charge in [-0.3, -0.25) is 4.90 Å². The van der Waals surface area contributed by atoms with Gasteiger partial charge in [0.05, 0.1) is 5.60 Å². The third kappa shape index (κ3) is 3.22. The molecule has 1 heterocycles. The molecule has 0 aromatic carbocycles. The summed E-state index contributed by atoms with van der Waals surface area (Å²) in [6.07, 6.45) is 0. The molecule has 0 N–H and O–H groups in total. The summed E-state index contributed by atoms with van der Waals surface area (Å²) in [4.78, 5) is 3.12. The molecule has 0 aliphatic carbocycles. The largest absolute Gasteiger partial charge is 0.377 e. The number of hydrogen-bond acceptors (Lipinski definition) is 2. The molecule has 2 nitrogen and oxygen atoms in total. The maximum atomic E-state index is 5.41. The fourth-order valence-electron chi connectivity index (χ4n) is 1.75. The van der Waals surface area contributed by atoms with Crippen LogP contribution in [0.3, 0.4) is 0 Å². The van der Waals surface area contributed by atoms with E-state index < -0.39 is 0 Å². The van der Waals surface area contributed by atoms with Crippen LogP contribution >= 0.6 is 15.9 Å². The van der Waals surface area contributed by atoms with E-state index in [0.29, 0.717) is 4.83 Å². The molecular formula is C10H20BrNO. The number of likely N-dealkylation sites (tertiary alicyclic amines) is 1. The van der Waals surface area contributed by atoms with E-state index in [-0.39, 0.29) is 5.60 Å². The van der Waals surface area contributed by atoms with E-state index in [9.17, 15) is 0 Å². The average Bonchev–Trinajstić information content (AvgIpc) is 2.30. The standard InChI is InChI=1S/C10H20BrNO/c1-8-5-12(6-9(8)11)7-10(2,3)13-4/h8-9H,5-7H2,1-4H3. The Balaban J connectivity index is 2.40. The summed E-state index contributed by atoms with van der Waals surface area (Å²) in [5.74, 6) is 0.757. The Morgan fingerprint density at radius 2 is 2.08 bits per heavy atom. The zero-order valence-corrected chi connectivity index (χ0v) is 10.6. The number of rotatable bonds is 3. The van der Waals surface area contributed by atoms with Crippen molar-refractivity contribution >= 4 is 15.9 Å². The van der Waals surface area contributed by atoms with Gasteiger partial charge in [0.1, 0.15) is 0 Å². The lowest BCUT2D eigenvalue weighted by Crippen LogP contribution is -2.39. The van der Waals surface area contributed by atoms with Gasteiger partial charge in [-0.25, -0.2) is 0 Å². The van der Waals surface area contributed by atoms with Gasteiger partial charge < -0.3 is 4.74 Å². The van der Waals surface area contributed by atoms with Crippen molar-refractivity contribution in [2.75, 3.05) is 26.7 Å². The molecule has 2 unspecified atom stereocenters. The summed E-state index contributed by atoms with van der Waals surface area (Å²) in [6, 6.07) is 0. The van der Waals surface area contributed by atoms with Crippen LogP contribution < -0.4 is 0 Å². The minimum atomic E-state index is -0.0171. The van der Waals surface area contributed by atoms with Crippen LogP contribution in [0.25, 0.3) is 0 Å². The van der Waals surface area contributed by atoms with Crippen LogP contribution in [0.1, 0.15) is 20.8 Å². The summed E-state index contributed by atoms with van der Waals surface area (Å²) in [5, 5.41) is 0. The maximum Gasteiger partial charge on any atom is 0.0749 e. The fraction of sp³-hybridized carbons (Fsp3) is 1.00. The molecule has 78 valence electrons. The van der Waals surface area contributed by atoms with Crippen molar-refractivity contribution in [1.82, 2.24) is 4.90 Å². The first kappa shape index (κ1) is 11.5. The van der Waals surface area contributed by atoms with Crippen molar-refractivity contribution < 1.29 is 4.74 Å². The smallest absolute Gasteiger partial charge is 0.0749 e. The highest BCUT2D eigenvalue weighted by molar-refractivity contribution is 9.09. The lowest BCUT2D eigenvalue weighted by Gasteiger charge is -2.28. The van der Waals surface area contributed by atoms with Crippen LogP contribution in [0, 0.1) is 5.92 Å². The van der Waals surface area contributed by atoms with Crippen molar-refractivity contribution in [3.8, 4) is 0 Å². The van der Waals surface area contributed by atoms with Crippen LogP contribution in [-0.2, 0) is 4.74 Å². The van der Waals surface area contributed by atoms with E-state index in [0.717, 1.165) is 19.0 Å². The molecule has 13 heavy (non-hydrogen) atoms. The topological polar surface area (TPSA) is 12.5 Å². The molecule has 0 radical (unpaired) electrons. The first-order valence-corrected chi connectivity index (χ1v) is 5.78. The van der Waals surface area contributed by atoms with Gasteiger partial charge in [0.2, 0.25) is 0 Å². The van der Waals surface area contributed by atoms with Gasteiger partial charge in [-0.05, 0) is 19.8 Å². The van der Waals surface area contributed by atoms with Gasteiger partial charge in [-0.2, -0.15) is 0 Å². The monoisotopic (exact) mass is 249 g/mol. The van der Waals surface area contributed by atoms with Gasteiger partial charge in [-0.1, -0.05) is 22.9 Å². The van der Waals surface area contributed by atoms with Crippen LogP contribution in [0.15, 0.2) is 0 Å². The molecule has 0 spiro atoms. The fourth-order valence-corrected chi connectivity index (χ4v) is 2.33. The van der Waals surface area contributed by atoms with Crippen molar-refractivity contribution in [3.63, 3.8) is 0 Å². The lowest BCUT2D eigenvalue weighted by atomic mass is 10.1. The molecule has 0 aromatic rings. The second-order valence-corrected chi connectivity index (χ2v) is 5.83. The van der Waals surface area contributed by atoms with Crippen LogP contribution in [0.5, 0.6) is 0 Å². The third-order valence-corrected chi connectivity index (χ3v) is 3.95. The van der Waals surface area contributed by atoms with E-state index in [4.69, 9.17) is 4.74 Å². The van der Waals surface area contributed by atoms with Crippen LogP contribution in [0.4, 0.5) is 0 Å². The molecule has 0 amide bonds. The molecule has 2 atom stereocenters. The lowest BCUT2D eigenvalue weighted by molar-refractivity contribution is -0.00298. The molecular weight excluding hydrogens is 230 g/mol. The quantitative estimate of drug-likeness (QED) is 0.711. The number of nitrogens with zero attached hydrogens (tertiary/aromatic N) is 1. The first-order valence-electron chi connectivity index (χ1n) is 4.86. The highest BCUT2D eigenvalue weighted by atomic mass is 79.9. The number of ether oxygens (including phenoxy) is 1. The molecule has 1 saturated heterocycles. The Morgan fingerprint density at radius 1 is 1.46 bits per heavy atom. The summed E-state index contributed by atoms with van der Waals surface area (Å²) < 4.78 is 5.41. The Bertz CT molecular complexity index is 162. The average molecular weight is 250 g/mol.